The van der Waals surface area contributed by atoms with Gasteiger partial charge in [-0.15, -0.1) is 0 Å². The minimum Gasteiger partial charge on any atom is -0.489 e. The number of carbonyl (C=O) groups is 1. The number of aromatic amines is 1. The van der Waals surface area contributed by atoms with Crippen molar-refractivity contribution in [2.75, 3.05) is 42.6 Å². The van der Waals surface area contributed by atoms with Gasteiger partial charge in [-0.05, 0) is 29.3 Å². The number of benzene rings is 1. The molecule has 230 valence electrons. The molecule has 11 nitrogen and oxygen atoms in total. The number of aromatic nitrogens is 4. The van der Waals surface area contributed by atoms with E-state index in [1.807, 2.05) is 16.1 Å². The zero-order valence-electron chi connectivity index (χ0n) is 23.5. The van der Waals surface area contributed by atoms with Crippen molar-refractivity contribution in [1.29, 1.82) is 5.26 Å². The lowest BCUT2D eigenvalue weighted by Gasteiger charge is -2.35. The highest BCUT2D eigenvalue weighted by Crippen LogP contribution is 2.42. The summed E-state index contributed by atoms with van der Waals surface area (Å²) >= 11 is 0. The van der Waals surface area contributed by atoms with E-state index in [0.717, 1.165) is 18.0 Å². The van der Waals surface area contributed by atoms with E-state index in [9.17, 15) is 27.2 Å². The van der Waals surface area contributed by atoms with Crippen molar-refractivity contribution in [1.82, 2.24) is 25.1 Å². The second-order valence-corrected chi connectivity index (χ2v) is 10.4. The number of H-pyrrole nitrogens is 1. The van der Waals surface area contributed by atoms with Gasteiger partial charge in [0, 0.05) is 38.9 Å². The molecule has 5 heterocycles. The quantitative estimate of drug-likeness (QED) is 0.253. The molecule has 0 spiro atoms. The Morgan fingerprint density at radius 3 is 2.56 bits per heavy atom. The van der Waals surface area contributed by atoms with Crippen molar-refractivity contribution in [3.8, 4) is 11.8 Å². The Labute approximate surface area is 253 Å². The monoisotopic (exact) mass is 620 g/mol. The summed E-state index contributed by atoms with van der Waals surface area (Å²) < 4.78 is 62.4. The normalized spacial score (nSPS) is 16.3. The van der Waals surface area contributed by atoms with Crippen molar-refractivity contribution in [2.45, 2.75) is 18.8 Å². The number of hydrogen-bond acceptors (Lipinski definition) is 9. The van der Waals surface area contributed by atoms with Crippen LogP contribution in [0.25, 0.3) is 0 Å². The molecular weight excluding hydrogens is 596 g/mol. The van der Waals surface area contributed by atoms with E-state index < -0.39 is 40.9 Å². The summed E-state index contributed by atoms with van der Waals surface area (Å²) in [6.07, 6.45) is -1.42. The molecule has 1 N–H and O–H groups in total. The Bertz CT molecular complexity index is 1830. The van der Waals surface area contributed by atoms with Crippen LogP contribution in [-0.2, 0) is 12.7 Å². The van der Waals surface area contributed by atoms with Crippen molar-refractivity contribution in [3.63, 3.8) is 0 Å². The zero-order chi connectivity index (χ0) is 31.7. The molecule has 1 atom stereocenters. The molecule has 0 radical (unpaired) electrons. The summed E-state index contributed by atoms with van der Waals surface area (Å²) in [5, 5.41) is 14.4. The van der Waals surface area contributed by atoms with Crippen LogP contribution in [0.4, 0.5) is 29.1 Å². The number of nitrogens with zero attached hydrogens (tertiary/aromatic N) is 7. The highest BCUT2D eigenvalue weighted by molar-refractivity contribution is 5.94. The van der Waals surface area contributed by atoms with Crippen LogP contribution in [0.2, 0.25) is 0 Å². The second-order valence-electron chi connectivity index (χ2n) is 10.4. The van der Waals surface area contributed by atoms with E-state index in [1.165, 1.54) is 22.1 Å². The number of nitriles is 1. The lowest BCUT2D eigenvalue weighted by atomic mass is 10.1. The standard InChI is InChI=1S/C30H24F4N8O3/c31-27-22(29(44)41-9-7-40(8-10-41)25-6-5-18(12-35)13-36-25)11-20(14-37-27)45-17-24-21-4-2-1-3-19(21)16-42(24)23-15-38-39-28(43)26(23)30(32,33)34/h1-6,11,13-15,24H,7-10,16-17H2,(H,39,43). The van der Waals surface area contributed by atoms with Crippen molar-refractivity contribution in [2.24, 2.45) is 0 Å². The summed E-state index contributed by atoms with van der Waals surface area (Å²) in [6.45, 7) is 1.30. The average Bonchev–Trinajstić information content (AvgIpc) is 3.42. The molecule has 1 amide bonds. The van der Waals surface area contributed by atoms with E-state index in [1.54, 1.807) is 36.4 Å². The number of halogens is 4. The number of hydrogen-bond donors (Lipinski definition) is 1. The lowest BCUT2D eigenvalue weighted by molar-refractivity contribution is -0.138. The summed E-state index contributed by atoms with van der Waals surface area (Å²) in [5.74, 6) is -0.870. The minimum atomic E-state index is -4.94. The average molecular weight is 621 g/mol. The first-order chi connectivity index (χ1) is 21.6. The maximum atomic E-state index is 14.8. The van der Waals surface area contributed by atoms with Gasteiger partial charge in [-0.1, -0.05) is 24.3 Å². The fraction of sp³-hybridized carbons (Fsp3) is 0.267. The van der Waals surface area contributed by atoms with E-state index >= 15 is 0 Å². The Kier molecular flexibility index (Phi) is 7.79. The number of alkyl halides is 3. The van der Waals surface area contributed by atoms with Crippen LogP contribution in [-0.4, -0.2) is 63.8 Å². The highest BCUT2D eigenvalue weighted by atomic mass is 19.4. The predicted octanol–water partition coefficient (Wildman–Crippen LogP) is 3.69. The Morgan fingerprint density at radius 1 is 1.07 bits per heavy atom. The van der Waals surface area contributed by atoms with E-state index in [0.29, 0.717) is 30.0 Å². The van der Waals surface area contributed by atoms with Gasteiger partial charge < -0.3 is 19.4 Å². The molecule has 6 rings (SSSR count). The van der Waals surface area contributed by atoms with Gasteiger partial charge in [-0.25, -0.2) is 15.1 Å². The fourth-order valence-corrected chi connectivity index (χ4v) is 5.56. The number of fused-ring (bicyclic) bond motifs is 1. The molecule has 1 fully saturated rings. The topological polar surface area (TPSA) is 131 Å². The van der Waals surface area contributed by atoms with Crippen LogP contribution in [0.5, 0.6) is 5.75 Å². The van der Waals surface area contributed by atoms with Gasteiger partial charge in [-0.2, -0.15) is 27.9 Å². The second kappa shape index (κ2) is 11.9. The number of rotatable bonds is 6. The predicted molar refractivity (Wildman–Crippen MR) is 152 cm³/mol. The van der Waals surface area contributed by atoms with Crippen molar-refractivity contribution < 1.29 is 27.1 Å². The molecule has 1 aromatic carbocycles. The van der Waals surface area contributed by atoms with Gasteiger partial charge in [0.15, 0.2) is 0 Å². The van der Waals surface area contributed by atoms with E-state index in [2.05, 4.69) is 15.1 Å². The molecule has 0 aliphatic carbocycles. The molecule has 3 aromatic heterocycles. The van der Waals surface area contributed by atoms with Crippen LogP contribution >= 0.6 is 0 Å². The third-order valence-corrected chi connectivity index (χ3v) is 7.78. The molecule has 0 bridgehead atoms. The first kappa shape index (κ1) is 29.5. The van der Waals surface area contributed by atoms with Crippen LogP contribution in [0.1, 0.15) is 38.7 Å². The van der Waals surface area contributed by atoms with Crippen molar-refractivity contribution in [3.05, 3.63) is 105 Å². The third kappa shape index (κ3) is 5.86. The Balaban J connectivity index is 1.19. The highest BCUT2D eigenvalue weighted by Gasteiger charge is 2.42. The number of anilines is 2. The first-order valence-corrected chi connectivity index (χ1v) is 13.8. The maximum absolute atomic E-state index is 14.8. The van der Waals surface area contributed by atoms with Crippen molar-refractivity contribution >= 4 is 17.4 Å². The molecule has 15 heteroatoms. The molecule has 2 aliphatic heterocycles. The van der Waals surface area contributed by atoms with Crippen LogP contribution < -0.4 is 20.1 Å². The molecule has 4 aromatic rings. The zero-order valence-corrected chi connectivity index (χ0v) is 23.5. The number of piperazine rings is 1. The van der Waals surface area contributed by atoms with Crippen LogP contribution in [0.3, 0.4) is 0 Å². The van der Waals surface area contributed by atoms with E-state index in [-0.39, 0.29) is 37.6 Å². The summed E-state index contributed by atoms with van der Waals surface area (Å²) in [7, 11) is 0. The number of amides is 1. The van der Waals surface area contributed by atoms with E-state index in [4.69, 9.17) is 10.00 Å². The van der Waals surface area contributed by atoms with Crippen LogP contribution in [0.15, 0.2) is 65.8 Å². The molecule has 0 saturated carbocycles. The Hall–Kier alpha value is -5.52. The number of pyridine rings is 2. The smallest absolute Gasteiger partial charge is 0.423 e. The molecule has 2 aliphatic rings. The minimum absolute atomic E-state index is 0.0459. The number of carbonyl (C=O) groups excluding carboxylic acids is 1. The SMILES string of the molecule is N#Cc1ccc(N2CCN(C(=O)c3cc(OCC4c5ccccc5CN4c4cn[nH]c(=O)c4C(F)(F)F)cnc3F)CC2)nc1. The van der Waals surface area contributed by atoms with Gasteiger partial charge in [0.05, 0.1) is 35.2 Å². The third-order valence-electron chi connectivity index (χ3n) is 7.78. The summed E-state index contributed by atoms with van der Waals surface area (Å²) in [4.78, 5) is 38.3. The lowest BCUT2D eigenvalue weighted by Crippen LogP contribution is -2.49. The molecule has 1 unspecified atom stereocenters. The number of ether oxygens (including phenoxy) is 1. The van der Waals surface area contributed by atoms with Gasteiger partial charge in [0.2, 0.25) is 5.95 Å². The van der Waals surface area contributed by atoms with Gasteiger partial charge in [0.25, 0.3) is 11.5 Å². The fourth-order valence-electron chi connectivity index (χ4n) is 5.56. The maximum Gasteiger partial charge on any atom is 0.423 e. The molecular formula is C30H24F4N8O3. The summed E-state index contributed by atoms with van der Waals surface area (Å²) in [5.41, 5.74) is -1.59. The van der Waals surface area contributed by atoms with Crippen LogP contribution in [0, 0.1) is 17.3 Å². The van der Waals surface area contributed by atoms with Gasteiger partial charge in [0.1, 0.15) is 29.8 Å². The van der Waals surface area contributed by atoms with Gasteiger partial charge in [-0.3, -0.25) is 9.59 Å². The Morgan fingerprint density at radius 2 is 1.84 bits per heavy atom. The number of nitrogens with one attached hydrogen (secondary N) is 1. The van der Waals surface area contributed by atoms with Gasteiger partial charge >= 0.3 is 6.18 Å². The summed E-state index contributed by atoms with van der Waals surface area (Å²) in [6, 6.07) is 12.9. The molecule has 45 heavy (non-hydrogen) atoms. The molecule has 1 saturated heterocycles. The first-order valence-electron chi connectivity index (χ1n) is 13.8. The largest absolute Gasteiger partial charge is 0.489 e.